The standard InChI is InChI=1S/C10H6F2O2/c11-8-5-7(3-1-2-4-13)6-9(14)10(8)12/h4-6,14H,2H2. The van der Waals surface area contributed by atoms with Gasteiger partial charge in [0.25, 0.3) is 0 Å². The SMILES string of the molecule is O=CCC#Cc1cc(O)c(F)c(F)c1. The molecule has 0 unspecified atom stereocenters. The molecule has 72 valence electrons. The Kier molecular flexibility index (Phi) is 3.19. The topological polar surface area (TPSA) is 37.3 Å². The lowest BCUT2D eigenvalue weighted by atomic mass is 10.2. The van der Waals surface area contributed by atoms with Crippen molar-refractivity contribution in [3.8, 4) is 17.6 Å². The van der Waals surface area contributed by atoms with Crippen LogP contribution < -0.4 is 0 Å². The molecule has 14 heavy (non-hydrogen) atoms. The van der Waals surface area contributed by atoms with Gasteiger partial charge in [0, 0.05) is 5.56 Å². The molecule has 1 aromatic carbocycles. The van der Waals surface area contributed by atoms with Crippen LogP contribution in [0.1, 0.15) is 12.0 Å². The average molecular weight is 196 g/mol. The molecule has 0 amide bonds. The van der Waals surface area contributed by atoms with Crippen LogP contribution in [0.15, 0.2) is 12.1 Å². The van der Waals surface area contributed by atoms with E-state index in [1.165, 1.54) is 0 Å². The van der Waals surface area contributed by atoms with Crippen molar-refractivity contribution in [1.29, 1.82) is 0 Å². The highest BCUT2D eigenvalue weighted by molar-refractivity contribution is 5.55. The van der Waals surface area contributed by atoms with Crippen molar-refractivity contribution in [1.82, 2.24) is 0 Å². The Labute approximate surface area is 79.2 Å². The molecule has 0 saturated heterocycles. The molecule has 4 heteroatoms. The Morgan fingerprint density at radius 2 is 2.14 bits per heavy atom. The third kappa shape index (κ3) is 2.30. The maximum atomic E-state index is 12.7. The number of phenolic OH excluding ortho intramolecular Hbond substituents is 1. The number of benzene rings is 1. The number of rotatable bonds is 1. The van der Waals surface area contributed by atoms with Gasteiger partial charge in [0.05, 0.1) is 6.42 Å². The molecule has 0 aromatic heterocycles. The molecule has 2 nitrogen and oxygen atoms in total. The first-order valence-corrected chi connectivity index (χ1v) is 3.75. The van der Waals surface area contributed by atoms with Gasteiger partial charge in [-0.05, 0) is 12.1 Å². The van der Waals surface area contributed by atoms with Crippen LogP contribution >= 0.6 is 0 Å². The van der Waals surface area contributed by atoms with E-state index in [0.29, 0.717) is 6.29 Å². The van der Waals surface area contributed by atoms with E-state index in [1.54, 1.807) is 0 Å². The molecule has 0 fully saturated rings. The molecule has 0 bridgehead atoms. The number of phenols is 1. The number of aldehydes is 1. The molecular formula is C10H6F2O2. The summed E-state index contributed by atoms with van der Waals surface area (Å²) in [6.45, 7) is 0. The van der Waals surface area contributed by atoms with Crippen molar-refractivity contribution < 1.29 is 18.7 Å². The van der Waals surface area contributed by atoms with Crippen LogP contribution in [-0.2, 0) is 4.79 Å². The highest BCUT2D eigenvalue weighted by Crippen LogP contribution is 2.19. The second kappa shape index (κ2) is 4.38. The summed E-state index contributed by atoms with van der Waals surface area (Å²) in [5.74, 6) is 1.56. The first-order chi connectivity index (χ1) is 6.65. The Bertz CT molecular complexity index is 393. The Balaban J connectivity index is 3.02. The molecule has 1 N–H and O–H groups in total. The summed E-state index contributed by atoms with van der Waals surface area (Å²) in [4.78, 5) is 9.90. The molecule has 0 saturated carbocycles. The summed E-state index contributed by atoms with van der Waals surface area (Å²) in [5, 5.41) is 8.89. The number of hydrogen-bond acceptors (Lipinski definition) is 2. The van der Waals surface area contributed by atoms with Crippen molar-refractivity contribution in [2.45, 2.75) is 6.42 Å². The maximum absolute atomic E-state index is 12.7. The lowest BCUT2D eigenvalue weighted by molar-refractivity contribution is -0.107. The van der Waals surface area contributed by atoms with Crippen LogP contribution in [-0.4, -0.2) is 11.4 Å². The fourth-order valence-corrected chi connectivity index (χ4v) is 0.841. The average Bonchev–Trinajstić information content (AvgIpc) is 2.14. The van der Waals surface area contributed by atoms with Gasteiger partial charge in [0.1, 0.15) is 6.29 Å². The van der Waals surface area contributed by atoms with Gasteiger partial charge >= 0.3 is 0 Å². The van der Waals surface area contributed by atoms with Crippen molar-refractivity contribution in [2.24, 2.45) is 0 Å². The normalized spacial score (nSPS) is 9.00. The summed E-state index contributed by atoms with van der Waals surface area (Å²) < 4.78 is 25.2. The molecule has 0 spiro atoms. The third-order valence-electron chi connectivity index (χ3n) is 1.43. The van der Waals surface area contributed by atoms with Gasteiger partial charge in [-0.25, -0.2) is 4.39 Å². The largest absolute Gasteiger partial charge is 0.505 e. The van der Waals surface area contributed by atoms with E-state index in [0.717, 1.165) is 12.1 Å². The summed E-state index contributed by atoms with van der Waals surface area (Å²) in [6, 6.07) is 1.85. The van der Waals surface area contributed by atoms with E-state index < -0.39 is 17.4 Å². The molecule has 0 aliphatic carbocycles. The second-order valence-corrected chi connectivity index (χ2v) is 2.46. The van der Waals surface area contributed by atoms with Gasteiger partial charge in [0.2, 0.25) is 0 Å². The zero-order valence-electron chi connectivity index (χ0n) is 7.05. The molecular weight excluding hydrogens is 190 g/mol. The fraction of sp³-hybridized carbons (Fsp3) is 0.100. The Morgan fingerprint density at radius 1 is 1.43 bits per heavy atom. The predicted octanol–water partition coefficient (Wildman–Crippen LogP) is 1.61. The summed E-state index contributed by atoms with van der Waals surface area (Å²) >= 11 is 0. The van der Waals surface area contributed by atoms with E-state index >= 15 is 0 Å². The zero-order chi connectivity index (χ0) is 10.6. The van der Waals surface area contributed by atoms with Crippen molar-refractivity contribution in [3.63, 3.8) is 0 Å². The van der Waals surface area contributed by atoms with Crippen molar-refractivity contribution in [2.75, 3.05) is 0 Å². The predicted molar refractivity (Wildman–Crippen MR) is 45.6 cm³/mol. The van der Waals surface area contributed by atoms with Crippen LogP contribution in [0, 0.1) is 23.5 Å². The molecule has 1 rings (SSSR count). The van der Waals surface area contributed by atoms with Crippen LogP contribution in [0.2, 0.25) is 0 Å². The van der Waals surface area contributed by atoms with E-state index in [9.17, 15) is 13.6 Å². The molecule has 1 aromatic rings. The van der Waals surface area contributed by atoms with E-state index in [2.05, 4.69) is 11.8 Å². The number of carbonyl (C=O) groups is 1. The van der Waals surface area contributed by atoms with Crippen LogP contribution in [0.3, 0.4) is 0 Å². The van der Waals surface area contributed by atoms with Gasteiger partial charge in [-0.2, -0.15) is 4.39 Å². The highest BCUT2D eigenvalue weighted by Gasteiger charge is 2.07. The second-order valence-electron chi connectivity index (χ2n) is 2.46. The van der Waals surface area contributed by atoms with Gasteiger partial charge in [-0.1, -0.05) is 11.8 Å². The summed E-state index contributed by atoms with van der Waals surface area (Å²) in [5.41, 5.74) is 0.128. The molecule has 0 aliphatic heterocycles. The fourth-order valence-electron chi connectivity index (χ4n) is 0.841. The number of carbonyl (C=O) groups excluding carboxylic acids is 1. The van der Waals surface area contributed by atoms with Crippen molar-refractivity contribution >= 4 is 6.29 Å². The minimum atomic E-state index is -1.30. The summed E-state index contributed by atoms with van der Waals surface area (Å²) in [6.07, 6.45) is 0.604. The number of aromatic hydroxyl groups is 1. The summed E-state index contributed by atoms with van der Waals surface area (Å²) in [7, 11) is 0. The minimum Gasteiger partial charge on any atom is -0.505 e. The van der Waals surface area contributed by atoms with Crippen LogP contribution in [0.4, 0.5) is 8.78 Å². The highest BCUT2D eigenvalue weighted by atomic mass is 19.2. The van der Waals surface area contributed by atoms with E-state index in [-0.39, 0.29) is 12.0 Å². The third-order valence-corrected chi connectivity index (χ3v) is 1.43. The van der Waals surface area contributed by atoms with Gasteiger partial charge in [0.15, 0.2) is 17.4 Å². The quantitative estimate of drug-likeness (QED) is 0.547. The van der Waals surface area contributed by atoms with E-state index in [4.69, 9.17) is 5.11 Å². The smallest absolute Gasteiger partial charge is 0.200 e. The molecule has 0 radical (unpaired) electrons. The lowest BCUT2D eigenvalue weighted by Crippen LogP contribution is -1.86. The monoisotopic (exact) mass is 196 g/mol. The van der Waals surface area contributed by atoms with Crippen LogP contribution in [0.25, 0.3) is 0 Å². The Hall–Kier alpha value is -1.89. The van der Waals surface area contributed by atoms with Crippen molar-refractivity contribution in [3.05, 3.63) is 29.3 Å². The van der Waals surface area contributed by atoms with Gasteiger partial charge < -0.3 is 9.90 Å². The molecule has 0 aliphatic rings. The van der Waals surface area contributed by atoms with Crippen LogP contribution in [0.5, 0.6) is 5.75 Å². The first-order valence-electron chi connectivity index (χ1n) is 3.75. The minimum absolute atomic E-state index is 0.0136. The zero-order valence-corrected chi connectivity index (χ0v) is 7.05. The lowest BCUT2D eigenvalue weighted by Gasteiger charge is -1.97. The van der Waals surface area contributed by atoms with E-state index in [1.807, 2.05) is 0 Å². The molecule has 0 heterocycles. The number of hydrogen-bond donors (Lipinski definition) is 1. The molecule has 0 atom stereocenters. The maximum Gasteiger partial charge on any atom is 0.200 e. The number of halogens is 2. The van der Waals surface area contributed by atoms with Gasteiger partial charge in [-0.3, -0.25) is 0 Å². The Morgan fingerprint density at radius 3 is 2.71 bits per heavy atom. The van der Waals surface area contributed by atoms with Gasteiger partial charge in [-0.15, -0.1) is 0 Å². The first kappa shape index (κ1) is 10.2.